The van der Waals surface area contributed by atoms with Crippen molar-refractivity contribution in [3.8, 4) is 0 Å². The molecule has 1 fully saturated rings. The maximum Gasteiger partial charge on any atom is 0.159 e. The fraction of sp³-hybridized carbons (Fsp3) is 0.647. The summed E-state index contributed by atoms with van der Waals surface area (Å²) in [6, 6.07) is 2.29. The molecule has 0 aliphatic heterocycles. The minimum absolute atomic E-state index is 0.251. The van der Waals surface area contributed by atoms with Crippen LogP contribution in [-0.4, -0.2) is 32.0 Å². The smallest absolute Gasteiger partial charge is 0.159 e. The van der Waals surface area contributed by atoms with Crippen molar-refractivity contribution < 1.29 is 5.11 Å². The van der Waals surface area contributed by atoms with Gasteiger partial charge in [-0.1, -0.05) is 30.9 Å². The van der Waals surface area contributed by atoms with Gasteiger partial charge in [0.05, 0.1) is 11.8 Å². The largest absolute Gasteiger partial charge is 0.389 e. The quantitative estimate of drug-likeness (QED) is 0.821. The minimum atomic E-state index is -0.565. The van der Waals surface area contributed by atoms with Crippen LogP contribution in [0.4, 0.5) is 0 Å². The first-order valence-corrected chi connectivity index (χ1v) is 8.82. The number of hydrogen-bond acceptors (Lipinski definition) is 4. The summed E-state index contributed by atoms with van der Waals surface area (Å²) in [5, 5.41) is 19.8. The van der Waals surface area contributed by atoms with E-state index < -0.39 is 5.60 Å². The first kappa shape index (κ1) is 16.7. The molecule has 1 aliphatic rings. The summed E-state index contributed by atoms with van der Waals surface area (Å²) in [4.78, 5) is 4.50. The molecule has 0 saturated heterocycles. The van der Waals surface area contributed by atoms with Crippen LogP contribution >= 0.6 is 11.6 Å². The van der Waals surface area contributed by atoms with Crippen molar-refractivity contribution in [3.63, 3.8) is 0 Å². The van der Waals surface area contributed by atoms with Crippen LogP contribution in [0.25, 0.3) is 11.0 Å². The van der Waals surface area contributed by atoms with E-state index in [1.165, 1.54) is 6.42 Å². The van der Waals surface area contributed by atoms with Crippen LogP contribution in [-0.2, 0) is 6.54 Å². The van der Waals surface area contributed by atoms with Crippen molar-refractivity contribution >= 4 is 22.6 Å². The van der Waals surface area contributed by atoms with Crippen molar-refractivity contribution in [2.24, 2.45) is 0 Å². The molecule has 0 bridgehead atoms. The average molecular weight is 337 g/mol. The molecule has 0 amide bonds. The zero-order valence-corrected chi connectivity index (χ0v) is 14.6. The van der Waals surface area contributed by atoms with Crippen LogP contribution in [0.1, 0.15) is 57.6 Å². The topological polar surface area (TPSA) is 63.0 Å². The van der Waals surface area contributed by atoms with Crippen molar-refractivity contribution in [1.82, 2.24) is 20.1 Å². The monoisotopic (exact) mass is 336 g/mol. The first-order valence-electron chi connectivity index (χ1n) is 8.44. The van der Waals surface area contributed by atoms with Crippen molar-refractivity contribution in [2.45, 2.75) is 64.1 Å². The Balaban J connectivity index is 1.69. The van der Waals surface area contributed by atoms with Crippen LogP contribution in [0.5, 0.6) is 0 Å². The van der Waals surface area contributed by atoms with E-state index in [0.717, 1.165) is 42.3 Å². The van der Waals surface area contributed by atoms with E-state index in [1.54, 1.807) is 0 Å². The molecule has 5 nitrogen and oxygen atoms in total. The number of hydrogen-bond donors (Lipinski definition) is 2. The molecule has 2 heterocycles. The number of pyridine rings is 1. The lowest BCUT2D eigenvalue weighted by Gasteiger charge is -2.32. The van der Waals surface area contributed by atoms with E-state index in [2.05, 4.69) is 29.2 Å². The molecule has 0 atom stereocenters. The van der Waals surface area contributed by atoms with Gasteiger partial charge >= 0.3 is 0 Å². The Morgan fingerprint density at radius 1 is 1.35 bits per heavy atom. The molecule has 2 N–H and O–H groups in total. The summed E-state index contributed by atoms with van der Waals surface area (Å²) in [6.45, 7) is 5.36. The maximum absolute atomic E-state index is 10.5. The molecule has 2 aromatic heterocycles. The highest BCUT2D eigenvalue weighted by atomic mass is 35.5. The first-order chi connectivity index (χ1) is 11.0. The zero-order valence-electron chi connectivity index (χ0n) is 13.8. The highest BCUT2D eigenvalue weighted by Crippen LogP contribution is 2.28. The van der Waals surface area contributed by atoms with Gasteiger partial charge in [-0.05, 0) is 32.8 Å². The summed E-state index contributed by atoms with van der Waals surface area (Å²) in [5.74, 6) is 0. The Labute approximate surface area is 142 Å². The fourth-order valence-corrected chi connectivity index (χ4v) is 3.52. The van der Waals surface area contributed by atoms with E-state index in [4.69, 9.17) is 11.6 Å². The van der Waals surface area contributed by atoms with Gasteiger partial charge in [0.25, 0.3) is 0 Å². The van der Waals surface area contributed by atoms with Crippen molar-refractivity contribution in [2.75, 3.05) is 6.54 Å². The van der Waals surface area contributed by atoms with Gasteiger partial charge in [0.15, 0.2) is 5.65 Å². The summed E-state index contributed by atoms with van der Waals surface area (Å²) >= 11 is 6.34. The third kappa shape index (κ3) is 3.67. The number of fused-ring (bicyclic) bond motifs is 1. The van der Waals surface area contributed by atoms with Gasteiger partial charge in [0.1, 0.15) is 5.15 Å². The molecule has 0 radical (unpaired) electrons. The number of halogens is 1. The summed E-state index contributed by atoms with van der Waals surface area (Å²) in [6.07, 6.45) is 7.05. The number of nitrogens with one attached hydrogen (secondary N) is 1. The second-order valence-corrected chi connectivity index (χ2v) is 7.28. The molecule has 6 heteroatoms. The normalized spacial score (nSPS) is 18.0. The second-order valence-electron chi connectivity index (χ2n) is 6.92. The van der Waals surface area contributed by atoms with Gasteiger partial charge in [-0.15, -0.1) is 0 Å². The van der Waals surface area contributed by atoms with Gasteiger partial charge in [-0.2, -0.15) is 5.10 Å². The van der Waals surface area contributed by atoms with E-state index in [9.17, 15) is 5.11 Å². The van der Waals surface area contributed by atoms with E-state index in [-0.39, 0.29) is 6.04 Å². The van der Waals surface area contributed by atoms with E-state index in [1.807, 2.05) is 16.9 Å². The molecular weight excluding hydrogens is 312 g/mol. The van der Waals surface area contributed by atoms with Crippen LogP contribution in [0, 0.1) is 0 Å². The molecule has 1 aliphatic carbocycles. The van der Waals surface area contributed by atoms with Gasteiger partial charge < -0.3 is 10.4 Å². The molecule has 0 spiro atoms. The highest BCUT2D eigenvalue weighted by molar-refractivity contribution is 6.30. The number of aliphatic hydroxyl groups is 1. The Morgan fingerprint density at radius 3 is 2.78 bits per heavy atom. The van der Waals surface area contributed by atoms with Crippen LogP contribution in [0.15, 0.2) is 12.3 Å². The van der Waals surface area contributed by atoms with Crippen LogP contribution in [0.3, 0.4) is 0 Å². The highest BCUT2D eigenvalue weighted by Gasteiger charge is 2.28. The van der Waals surface area contributed by atoms with Crippen LogP contribution in [0.2, 0.25) is 5.15 Å². The maximum atomic E-state index is 10.5. The summed E-state index contributed by atoms with van der Waals surface area (Å²) < 4.78 is 1.88. The van der Waals surface area contributed by atoms with Gasteiger partial charge in [-0.3, -0.25) is 0 Å². The summed E-state index contributed by atoms with van der Waals surface area (Å²) in [7, 11) is 0. The Morgan fingerprint density at radius 2 is 2.09 bits per heavy atom. The van der Waals surface area contributed by atoms with Crippen molar-refractivity contribution in [1.29, 1.82) is 0 Å². The Hall–Kier alpha value is -1.17. The van der Waals surface area contributed by atoms with Gasteiger partial charge in [-0.25, -0.2) is 9.67 Å². The molecule has 3 rings (SSSR count). The fourth-order valence-electron chi connectivity index (χ4n) is 3.32. The molecular formula is C17H25ClN4O. The second kappa shape index (κ2) is 6.75. The lowest BCUT2D eigenvalue weighted by atomic mass is 9.85. The van der Waals surface area contributed by atoms with E-state index in [0.29, 0.717) is 18.2 Å². The molecule has 0 unspecified atom stereocenters. The Kier molecular flexibility index (Phi) is 4.90. The third-order valence-corrected chi connectivity index (χ3v) is 4.97. The van der Waals surface area contributed by atoms with Gasteiger partial charge in [0.2, 0.25) is 0 Å². The zero-order chi connectivity index (χ0) is 16.4. The SMILES string of the molecule is CC(C)n1ncc2cc(CNCC3(O)CCCCC3)c(Cl)nc21. The van der Waals surface area contributed by atoms with Gasteiger partial charge in [0, 0.05) is 30.1 Å². The molecule has 1 saturated carbocycles. The lowest BCUT2D eigenvalue weighted by Crippen LogP contribution is -2.41. The van der Waals surface area contributed by atoms with Crippen LogP contribution < -0.4 is 5.32 Å². The number of rotatable bonds is 5. The average Bonchev–Trinajstić information content (AvgIpc) is 2.91. The standard InChI is InChI=1S/C17H25ClN4O/c1-12(2)22-16-14(10-20-22)8-13(15(18)21-16)9-19-11-17(23)6-4-3-5-7-17/h8,10,12,19,23H,3-7,9,11H2,1-2H3. The molecule has 23 heavy (non-hydrogen) atoms. The Bertz CT molecular complexity index is 677. The number of nitrogens with zero attached hydrogens (tertiary/aromatic N) is 3. The molecule has 2 aromatic rings. The predicted molar refractivity (Wildman–Crippen MR) is 92.7 cm³/mol. The van der Waals surface area contributed by atoms with E-state index >= 15 is 0 Å². The van der Waals surface area contributed by atoms with Crippen molar-refractivity contribution in [3.05, 3.63) is 23.0 Å². The summed E-state index contributed by atoms with van der Waals surface area (Å²) in [5.41, 5.74) is 1.20. The third-order valence-electron chi connectivity index (χ3n) is 4.64. The molecule has 126 valence electrons. The minimum Gasteiger partial charge on any atom is -0.389 e. The predicted octanol–water partition coefficient (Wildman–Crippen LogP) is 3.45. The molecule has 0 aromatic carbocycles. The lowest BCUT2D eigenvalue weighted by molar-refractivity contribution is 0.00467. The number of aromatic nitrogens is 3.